The van der Waals surface area contributed by atoms with Gasteiger partial charge in [-0.2, -0.15) is 8.78 Å². The van der Waals surface area contributed by atoms with Gasteiger partial charge in [0.1, 0.15) is 11.7 Å². The maximum atomic E-state index is 12.4. The van der Waals surface area contributed by atoms with Crippen LogP contribution in [-0.4, -0.2) is 24.6 Å². The van der Waals surface area contributed by atoms with Gasteiger partial charge in [-0.15, -0.1) is 0 Å². The highest BCUT2D eigenvalue weighted by Gasteiger charge is 1.95. The molecule has 0 unspecified atom stereocenters. The number of nitrogens with two attached hydrogens (primary N) is 1. The molecule has 1 aromatic carbocycles. The van der Waals surface area contributed by atoms with Gasteiger partial charge in [-0.05, 0) is 24.3 Å². The Kier molecular flexibility index (Phi) is 6.12. The van der Waals surface area contributed by atoms with E-state index in [0.717, 1.165) is 5.56 Å². The summed E-state index contributed by atoms with van der Waals surface area (Å²) in [5.74, 6) is 0.155. The lowest BCUT2D eigenvalue weighted by molar-refractivity contribution is -0.0728. The van der Waals surface area contributed by atoms with Gasteiger partial charge in [0.05, 0.1) is 0 Å². The summed E-state index contributed by atoms with van der Waals surface area (Å²) in [5, 5.41) is 6.72. The number of alkyl halides is 2. The summed E-state index contributed by atoms with van der Waals surface area (Å²) in [4.78, 5) is 3.76. The van der Waals surface area contributed by atoms with Crippen molar-refractivity contribution in [2.75, 3.05) is 7.05 Å². The normalized spacial score (nSPS) is 10.9. The molecule has 0 fully saturated rings. The highest BCUT2D eigenvalue weighted by molar-refractivity contribution is 5.97. The van der Waals surface area contributed by atoms with Crippen LogP contribution in [0, 0.1) is 5.82 Å². The molecule has 0 amide bonds. The van der Waals surface area contributed by atoms with E-state index in [9.17, 15) is 13.2 Å². The van der Waals surface area contributed by atoms with E-state index in [1.165, 1.54) is 12.1 Å². The fraction of sp³-hybridized carbons (Fsp3) is 0.222. The van der Waals surface area contributed by atoms with Crippen LogP contribution in [0.15, 0.2) is 29.3 Å². The van der Waals surface area contributed by atoms with Crippen molar-refractivity contribution < 1.29 is 18.3 Å². The first-order chi connectivity index (χ1) is 6.97. The van der Waals surface area contributed by atoms with Crippen LogP contribution in [0.2, 0.25) is 0 Å². The van der Waals surface area contributed by atoms with Gasteiger partial charge in [0, 0.05) is 12.6 Å². The van der Waals surface area contributed by atoms with E-state index in [2.05, 4.69) is 4.99 Å². The van der Waals surface area contributed by atoms with Gasteiger partial charge in [-0.25, -0.2) is 4.39 Å². The Hall–Kier alpha value is -1.56. The van der Waals surface area contributed by atoms with Crippen LogP contribution in [0.3, 0.4) is 0 Å². The van der Waals surface area contributed by atoms with Crippen LogP contribution in [0.1, 0.15) is 5.56 Å². The fourth-order valence-electron chi connectivity index (χ4n) is 0.750. The van der Waals surface area contributed by atoms with Crippen molar-refractivity contribution in [1.82, 2.24) is 0 Å². The van der Waals surface area contributed by atoms with Gasteiger partial charge < -0.3 is 10.8 Å². The fourth-order valence-corrected chi connectivity index (χ4v) is 0.750. The molecule has 0 spiro atoms. The van der Waals surface area contributed by atoms with Gasteiger partial charge >= 0.3 is 6.61 Å². The minimum atomic E-state index is -3.17. The van der Waals surface area contributed by atoms with Crippen molar-refractivity contribution in [2.24, 2.45) is 10.7 Å². The van der Waals surface area contributed by atoms with Gasteiger partial charge in [0.15, 0.2) is 0 Å². The second-order valence-electron chi connectivity index (χ2n) is 2.39. The monoisotopic (exact) mass is 220 g/mol. The highest BCUT2D eigenvalue weighted by atomic mass is 19.3. The van der Waals surface area contributed by atoms with E-state index < -0.39 is 6.61 Å². The molecular formula is C9H11F3N2O. The average Bonchev–Trinajstić information content (AvgIpc) is 2.17. The molecule has 1 rings (SSSR count). The van der Waals surface area contributed by atoms with Crippen LogP contribution in [-0.2, 0) is 0 Å². The van der Waals surface area contributed by atoms with E-state index >= 15 is 0 Å². The number of rotatable bonds is 1. The van der Waals surface area contributed by atoms with Crippen molar-refractivity contribution in [1.29, 1.82) is 0 Å². The van der Waals surface area contributed by atoms with Crippen molar-refractivity contribution in [2.45, 2.75) is 6.61 Å². The molecule has 0 bridgehead atoms. The Morgan fingerprint density at radius 1 is 1.33 bits per heavy atom. The molecule has 0 aliphatic carbocycles. The van der Waals surface area contributed by atoms with E-state index in [1.54, 1.807) is 19.2 Å². The largest absolute Gasteiger partial charge is 0.384 e. The van der Waals surface area contributed by atoms with Crippen LogP contribution < -0.4 is 5.73 Å². The van der Waals surface area contributed by atoms with E-state index in [1.807, 2.05) is 0 Å². The Balaban J connectivity index is 0.000000423. The lowest BCUT2D eigenvalue weighted by Gasteiger charge is -1.97. The smallest absolute Gasteiger partial charge is 0.342 e. The molecule has 1 aromatic rings. The van der Waals surface area contributed by atoms with Gasteiger partial charge in [-0.1, -0.05) is 0 Å². The van der Waals surface area contributed by atoms with Crippen molar-refractivity contribution >= 4 is 5.84 Å². The minimum Gasteiger partial charge on any atom is -0.384 e. The quantitative estimate of drug-likeness (QED) is 0.554. The summed E-state index contributed by atoms with van der Waals surface area (Å²) in [6, 6.07) is 5.90. The maximum absolute atomic E-state index is 12.4. The summed E-state index contributed by atoms with van der Waals surface area (Å²) >= 11 is 0. The molecule has 0 heterocycles. The van der Waals surface area contributed by atoms with Gasteiger partial charge in [-0.3, -0.25) is 4.99 Å². The van der Waals surface area contributed by atoms with Crippen molar-refractivity contribution in [3.63, 3.8) is 0 Å². The summed E-state index contributed by atoms with van der Waals surface area (Å²) in [6.45, 7) is -3.17. The standard InChI is InChI=1S/C8H9FN2.CH2F2O/c1-11-8(10)6-2-4-7(9)5-3-6;2-1(3)4/h2-5H,1H3,(H2,10,11);1,4H. The molecule has 15 heavy (non-hydrogen) atoms. The summed E-state index contributed by atoms with van der Waals surface area (Å²) in [7, 11) is 1.60. The van der Waals surface area contributed by atoms with Crippen LogP contribution in [0.5, 0.6) is 0 Å². The molecule has 0 aliphatic heterocycles. The topological polar surface area (TPSA) is 58.6 Å². The number of aliphatic hydroxyl groups excluding tert-OH is 1. The van der Waals surface area contributed by atoms with E-state index in [-0.39, 0.29) is 5.82 Å². The van der Waals surface area contributed by atoms with Gasteiger partial charge in [0.2, 0.25) is 0 Å². The average molecular weight is 220 g/mol. The number of benzene rings is 1. The highest BCUT2D eigenvalue weighted by Crippen LogP contribution is 2.01. The zero-order chi connectivity index (χ0) is 11.8. The SMILES string of the molecule is CN=C(N)c1ccc(F)cc1.OC(F)F. The first-order valence-corrected chi connectivity index (χ1v) is 3.91. The summed E-state index contributed by atoms with van der Waals surface area (Å²) in [6.07, 6.45) is 0. The molecule has 84 valence electrons. The zero-order valence-corrected chi connectivity index (χ0v) is 7.99. The molecule has 3 N–H and O–H groups in total. The molecule has 0 saturated carbocycles. The zero-order valence-electron chi connectivity index (χ0n) is 7.99. The second-order valence-corrected chi connectivity index (χ2v) is 2.39. The summed E-state index contributed by atoms with van der Waals surface area (Å²) < 4.78 is 32.2. The lowest BCUT2D eigenvalue weighted by atomic mass is 10.2. The van der Waals surface area contributed by atoms with E-state index in [4.69, 9.17) is 10.8 Å². The molecule has 0 atom stereocenters. The number of amidine groups is 1. The lowest BCUT2D eigenvalue weighted by Crippen LogP contribution is -2.12. The Labute approximate surface area is 85.1 Å². The van der Waals surface area contributed by atoms with Crippen LogP contribution in [0.4, 0.5) is 13.2 Å². The van der Waals surface area contributed by atoms with Crippen molar-refractivity contribution in [3.05, 3.63) is 35.6 Å². The molecule has 0 saturated heterocycles. The summed E-state index contributed by atoms with van der Waals surface area (Å²) in [5.41, 5.74) is 6.22. The van der Waals surface area contributed by atoms with Crippen LogP contribution >= 0.6 is 0 Å². The van der Waals surface area contributed by atoms with Gasteiger partial charge in [0.25, 0.3) is 0 Å². The molecule has 0 aliphatic rings. The van der Waals surface area contributed by atoms with E-state index in [0.29, 0.717) is 5.84 Å². The maximum Gasteiger partial charge on any atom is 0.342 e. The first-order valence-electron chi connectivity index (χ1n) is 3.91. The van der Waals surface area contributed by atoms with Crippen molar-refractivity contribution in [3.8, 4) is 0 Å². The number of hydrogen-bond acceptors (Lipinski definition) is 2. The predicted octanol–water partition coefficient (Wildman–Crippen LogP) is 1.36. The Bertz CT molecular complexity index is 309. The number of aliphatic imine (C=N–C) groups is 1. The first kappa shape index (κ1) is 13.4. The van der Waals surface area contributed by atoms with Crippen LogP contribution in [0.25, 0.3) is 0 Å². The molecule has 3 nitrogen and oxygen atoms in total. The molecule has 6 heteroatoms. The number of hydrogen-bond donors (Lipinski definition) is 2. The number of aliphatic hydroxyl groups is 1. The molecule has 0 aromatic heterocycles. The number of halogens is 3. The second kappa shape index (κ2) is 6.83. The Morgan fingerprint density at radius 2 is 1.73 bits per heavy atom. The molecule has 0 radical (unpaired) electrons. The third kappa shape index (κ3) is 6.50. The Morgan fingerprint density at radius 3 is 2.07 bits per heavy atom. The third-order valence-corrected chi connectivity index (χ3v) is 1.38. The minimum absolute atomic E-state index is 0.266. The number of nitrogens with zero attached hydrogens (tertiary/aromatic N) is 1. The predicted molar refractivity (Wildman–Crippen MR) is 51.3 cm³/mol. The third-order valence-electron chi connectivity index (χ3n) is 1.38. The molecular weight excluding hydrogens is 209 g/mol.